The highest BCUT2D eigenvalue weighted by molar-refractivity contribution is 7.80. The number of amides is 2. The van der Waals surface area contributed by atoms with Crippen molar-refractivity contribution in [3.8, 4) is 0 Å². The fourth-order valence-electron chi connectivity index (χ4n) is 2.30. The molecular weight excluding hydrogens is 300 g/mol. The lowest BCUT2D eigenvalue weighted by Crippen LogP contribution is -3.11. The smallest absolute Gasteiger partial charge is 0.246 e. The molecule has 1 saturated heterocycles. The van der Waals surface area contributed by atoms with Gasteiger partial charge in [-0.2, -0.15) is 0 Å². The molecule has 2 N–H and O–H groups in total. The van der Waals surface area contributed by atoms with Gasteiger partial charge in [0.05, 0.1) is 26.2 Å². The summed E-state index contributed by atoms with van der Waals surface area (Å²) < 4.78 is 0. The van der Waals surface area contributed by atoms with Crippen LogP contribution in [-0.2, 0) is 9.59 Å². The van der Waals surface area contributed by atoms with E-state index in [1.54, 1.807) is 0 Å². The first-order valence-electron chi connectivity index (χ1n) is 8.04. The molecule has 0 aliphatic carbocycles. The average molecular weight is 327 g/mol. The minimum atomic E-state index is -0.852. The predicted octanol–water partition coefficient (Wildman–Crippen LogP) is -0.358. The van der Waals surface area contributed by atoms with Gasteiger partial charge in [0, 0.05) is 12.8 Å². The molecule has 1 heterocycles. The number of rotatable bonds is 9. The van der Waals surface area contributed by atoms with Gasteiger partial charge in [-0.05, 0) is 32.5 Å². The lowest BCUT2D eigenvalue weighted by molar-refractivity contribution is -0.894. The van der Waals surface area contributed by atoms with E-state index < -0.39 is 5.92 Å². The Hall–Kier alpha value is -1.34. The molecule has 2 amide bonds. The first-order valence-corrected chi connectivity index (χ1v) is 8.45. The molecule has 0 radical (unpaired) electrons. The van der Waals surface area contributed by atoms with Crippen LogP contribution in [0.5, 0.6) is 0 Å². The van der Waals surface area contributed by atoms with E-state index >= 15 is 0 Å². The highest BCUT2D eigenvalue weighted by Gasteiger charge is 2.36. The van der Waals surface area contributed by atoms with Crippen molar-refractivity contribution in [1.29, 1.82) is 0 Å². The summed E-state index contributed by atoms with van der Waals surface area (Å²) in [6, 6.07) is 0. The van der Waals surface area contributed by atoms with E-state index in [1.807, 2.05) is 6.92 Å². The van der Waals surface area contributed by atoms with Gasteiger partial charge in [-0.3, -0.25) is 19.5 Å². The summed E-state index contributed by atoms with van der Waals surface area (Å²) in [6.45, 7) is 10.5. The molecule has 1 atom stereocenters. The molecule has 0 aromatic carbocycles. The Balaban J connectivity index is 2.61. The first-order chi connectivity index (χ1) is 10.5. The van der Waals surface area contributed by atoms with Crippen LogP contribution in [0.1, 0.15) is 33.6 Å². The molecule has 0 bridgehead atoms. The Morgan fingerprint density at radius 1 is 1.32 bits per heavy atom. The zero-order chi connectivity index (χ0) is 16.5. The second-order valence-corrected chi connectivity index (χ2v) is 5.76. The molecule has 1 aliphatic rings. The fraction of sp³-hybridized carbons (Fsp3) is 0.733. The van der Waals surface area contributed by atoms with Gasteiger partial charge in [0.1, 0.15) is 0 Å². The number of carbonyl (C=O) groups excluding carboxylic acids is 2. The zero-order valence-electron chi connectivity index (χ0n) is 13.7. The lowest BCUT2D eigenvalue weighted by Gasteiger charge is -2.30. The van der Waals surface area contributed by atoms with Gasteiger partial charge in [0.2, 0.25) is 11.8 Å². The molecule has 0 saturated carbocycles. The van der Waals surface area contributed by atoms with Crippen molar-refractivity contribution in [2.75, 3.05) is 32.7 Å². The third-order valence-electron chi connectivity index (χ3n) is 3.87. The average Bonchev–Trinajstić information content (AvgIpc) is 2.50. The van der Waals surface area contributed by atoms with E-state index in [-0.39, 0.29) is 16.9 Å². The van der Waals surface area contributed by atoms with Crippen molar-refractivity contribution < 1.29 is 14.5 Å². The van der Waals surface area contributed by atoms with E-state index in [0.717, 1.165) is 32.5 Å². The molecule has 22 heavy (non-hydrogen) atoms. The summed E-state index contributed by atoms with van der Waals surface area (Å²) >= 11 is 5.07. The molecule has 0 spiro atoms. The number of thiocarbonyl (C=S) groups is 1. The molecule has 1 fully saturated rings. The van der Waals surface area contributed by atoms with Crippen LogP contribution in [0.15, 0.2) is 4.99 Å². The maximum atomic E-state index is 12.4. The maximum Gasteiger partial charge on any atom is 0.246 e. The van der Waals surface area contributed by atoms with Gasteiger partial charge >= 0.3 is 0 Å². The monoisotopic (exact) mass is 327 g/mol. The molecule has 1 rings (SSSR count). The van der Waals surface area contributed by atoms with Crippen molar-refractivity contribution >= 4 is 35.4 Å². The zero-order valence-corrected chi connectivity index (χ0v) is 14.5. The number of hydrogen-bond donors (Lipinski definition) is 2. The summed E-state index contributed by atoms with van der Waals surface area (Å²) in [7, 11) is 0. The van der Waals surface area contributed by atoms with Crippen molar-refractivity contribution in [3.63, 3.8) is 0 Å². The van der Waals surface area contributed by atoms with Gasteiger partial charge in [-0.25, -0.2) is 0 Å². The van der Waals surface area contributed by atoms with Gasteiger partial charge in [0.15, 0.2) is 11.0 Å². The third kappa shape index (κ3) is 5.14. The topological polar surface area (TPSA) is 66.2 Å². The largest absolute Gasteiger partial charge is 0.334 e. The first kappa shape index (κ1) is 18.7. The molecular formula is C15H27N4O2S+. The quantitative estimate of drug-likeness (QED) is 0.345. The van der Waals surface area contributed by atoms with E-state index in [0.29, 0.717) is 13.1 Å². The normalized spacial score (nSPS) is 19.4. The summed E-state index contributed by atoms with van der Waals surface area (Å²) in [5, 5.41) is 2.80. The molecule has 1 aliphatic heterocycles. The van der Waals surface area contributed by atoms with E-state index in [4.69, 9.17) is 12.2 Å². The molecule has 0 unspecified atom stereocenters. The number of aliphatic imine (C=N–C) groups is 1. The van der Waals surface area contributed by atoms with Gasteiger partial charge < -0.3 is 10.2 Å². The number of carbonyl (C=O) groups is 2. The molecule has 0 aromatic rings. The van der Waals surface area contributed by atoms with Crippen LogP contribution in [0, 0.1) is 5.92 Å². The van der Waals surface area contributed by atoms with Crippen LogP contribution in [-0.4, -0.2) is 60.8 Å². The Morgan fingerprint density at radius 2 is 2.00 bits per heavy atom. The summed E-state index contributed by atoms with van der Waals surface area (Å²) in [5.41, 5.74) is 0. The number of quaternary nitrogens is 1. The fourth-order valence-corrected chi connectivity index (χ4v) is 2.58. The van der Waals surface area contributed by atoms with Gasteiger partial charge in [-0.1, -0.05) is 13.3 Å². The second kappa shape index (κ2) is 9.63. The Kier molecular flexibility index (Phi) is 8.19. The van der Waals surface area contributed by atoms with Crippen LogP contribution in [0.25, 0.3) is 0 Å². The standard InChI is InChI=1S/C15H26N4O2S/c1-4-7-9-19-14(21)12(13(20)17-15(19)22)11-16-8-10-18(5-2)6-3/h11-12H,4-10H2,1-3H3,(H,17,20,22)/p+1/t12-/m1/s1. The van der Waals surface area contributed by atoms with Crippen molar-refractivity contribution in [2.45, 2.75) is 33.6 Å². The molecule has 7 heteroatoms. The Labute approximate surface area is 137 Å². The van der Waals surface area contributed by atoms with E-state index in [2.05, 4.69) is 24.2 Å². The minimum Gasteiger partial charge on any atom is -0.334 e. The van der Waals surface area contributed by atoms with Crippen LogP contribution in [0.4, 0.5) is 0 Å². The predicted molar refractivity (Wildman–Crippen MR) is 91.1 cm³/mol. The molecule has 124 valence electrons. The summed E-state index contributed by atoms with van der Waals surface area (Å²) in [4.78, 5) is 31.5. The van der Waals surface area contributed by atoms with Crippen molar-refractivity contribution in [3.05, 3.63) is 0 Å². The van der Waals surface area contributed by atoms with Crippen LogP contribution in [0.2, 0.25) is 0 Å². The van der Waals surface area contributed by atoms with Crippen molar-refractivity contribution in [1.82, 2.24) is 10.2 Å². The Morgan fingerprint density at radius 3 is 2.59 bits per heavy atom. The molecule has 0 aromatic heterocycles. The van der Waals surface area contributed by atoms with Crippen LogP contribution < -0.4 is 10.2 Å². The number of hydrogen-bond acceptors (Lipinski definition) is 4. The van der Waals surface area contributed by atoms with E-state index in [1.165, 1.54) is 16.0 Å². The number of nitrogens with zero attached hydrogens (tertiary/aromatic N) is 2. The number of likely N-dealkylation sites (N-methyl/N-ethyl adjacent to an activating group) is 1. The highest BCUT2D eigenvalue weighted by atomic mass is 32.1. The number of unbranched alkanes of at least 4 members (excludes halogenated alkanes) is 1. The minimum absolute atomic E-state index is 0.209. The maximum absolute atomic E-state index is 12.4. The van der Waals surface area contributed by atoms with Crippen LogP contribution >= 0.6 is 12.2 Å². The number of nitrogens with one attached hydrogen (secondary N) is 2. The lowest BCUT2D eigenvalue weighted by atomic mass is 10.1. The van der Waals surface area contributed by atoms with E-state index in [9.17, 15) is 9.59 Å². The summed E-state index contributed by atoms with van der Waals surface area (Å²) in [5.74, 6) is -1.49. The SMILES string of the molecule is CCCCN1C(=O)[C@H](C=NCC[NH+](CC)CC)C(=O)NC1=S. The van der Waals surface area contributed by atoms with Gasteiger partial charge in [-0.15, -0.1) is 0 Å². The molecule has 6 nitrogen and oxygen atoms in total. The highest BCUT2D eigenvalue weighted by Crippen LogP contribution is 2.10. The third-order valence-corrected chi connectivity index (χ3v) is 4.20. The summed E-state index contributed by atoms with van der Waals surface area (Å²) in [6.07, 6.45) is 3.30. The Bertz CT molecular complexity index is 435. The van der Waals surface area contributed by atoms with Crippen molar-refractivity contribution in [2.24, 2.45) is 10.9 Å². The second-order valence-electron chi connectivity index (χ2n) is 5.38. The van der Waals surface area contributed by atoms with Crippen LogP contribution in [0.3, 0.4) is 0 Å². The van der Waals surface area contributed by atoms with Gasteiger partial charge in [0.25, 0.3) is 0 Å².